The van der Waals surface area contributed by atoms with Crippen molar-refractivity contribution in [3.05, 3.63) is 0 Å². The molecule has 0 aliphatic rings. The fourth-order valence-electron chi connectivity index (χ4n) is 1.92. The summed E-state index contributed by atoms with van der Waals surface area (Å²) in [5, 5.41) is 3.42. The molecule has 0 heterocycles. The van der Waals surface area contributed by atoms with Crippen LogP contribution in [0.5, 0.6) is 0 Å². The first kappa shape index (κ1) is 20.2. The predicted molar refractivity (Wildman–Crippen MR) is 86.7 cm³/mol. The van der Waals surface area contributed by atoms with Crippen molar-refractivity contribution >= 4 is 6.09 Å². The molecular formula is C16H34N2O3. The van der Waals surface area contributed by atoms with Crippen molar-refractivity contribution in [2.75, 3.05) is 26.8 Å². The third-order valence-electron chi connectivity index (χ3n) is 3.05. The maximum atomic E-state index is 12.3. The Kier molecular flexibility index (Phi) is 8.26. The summed E-state index contributed by atoms with van der Waals surface area (Å²) in [6, 6.07) is 0.315. The summed E-state index contributed by atoms with van der Waals surface area (Å²) in [6.45, 7) is 15.8. The Balaban J connectivity index is 4.55. The second-order valence-corrected chi connectivity index (χ2v) is 7.32. The summed E-state index contributed by atoms with van der Waals surface area (Å²) >= 11 is 0. The van der Waals surface area contributed by atoms with Crippen molar-refractivity contribution in [2.24, 2.45) is 0 Å². The molecule has 0 aromatic carbocycles. The standard InChI is InChI=1S/C16H34N2O3/c1-9-13(12-20-8)17-10-11-18(15(2,3)4)14(19)21-16(5,6)7/h13,17H,9-12H2,1-8H3. The number of carbonyl (C=O) groups is 1. The van der Waals surface area contributed by atoms with Gasteiger partial charge in [0.05, 0.1) is 6.61 Å². The van der Waals surface area contributed by atoms with E-state index in [2.05, 4.69) is 12.2 Å². The largest absolute Gasteiger partial charge is 0.444 e. The van der Waals surface area contributed by atoms with Gasteiger partial charge in [-0.05, 0) is 48.0 Å². The minimum Gasteiger partial charge on any atom is -0.444 e. The zero-order valence-electron chi connectivity index (χ0n) is 15.1. The van der Waals surface area contributed by atoms with Crippen molar-refractivity contribution in [1.82, 2.24) is 10.2 Å². The average Bonchev–Trinajstić information content (AvgIpc) is 2.28. The fraction of sp³-hybridized carbons (Fsp3) is 0.938. The van der Waals surface area contributed by atoms with Crippen molar-refractivity contribution in [3.63, 3.8) is 0 Å². The highest BCUT2D eigenvalue weighted by Crippen LogP contribution is 2.17. The number of amides is 1. The number of nitrogens with one attached hydrogen (secondary N) is 1. The lowest BCUT2D eigenvalue weighted by molar-refractivity contribution is 0.00627. The van der Waals surface area contributed by atoms with Gasteiger partial charge in [-0.2, -0.15) is 0 Å². The van der Waals surface area contributed by atoms with E-state index in [9.17, 15) is 4.79 Å². The van der Waals surface area contributed by atoms with Gasteiger partial charge in [0.1, 0.15) is 5.60 Å². The topological polar surface area (TPSA) is 50.8 Å². The van der Waals surface area contributed by atoms with Gasteiger partial charge in [0.2, 0.25) is 0 Å². The van der Waals surface area contributed by atoms with E-state index < -0.39 is 5.60 Å². The Morgan fingerprint density at radius 3 is 2.14 bits per heavy atom. The molecule has 21 heavy (non-hydrogen) atoms. The zero-order chi connectivity index (χ0) is 16.7. The molecule has 0 saturated carbocycles. The van der Waals surface area contributed by atoms with E-state index >= 15 is 0 Å². The number of carbonyl (C=O) groups excluding carboxylic acids is 1. The lowest BCUT2D eigenvalue weighted by Crippen LogP contribution is -2.51. The minimum atomic E-state index is -0.476. The van der Waals surface area contributed by atoms with Gasteiger partial charge in [-0.15, -0.1) is 0 Å². The second-order valence-electron chi connectivity index (χ2n) is 7.32. The molecule has 1 N–H and O–H groups in total. The first-order chi connectivity index (χ1) is 9.51. The van der Waals surface area contributed by atoms with E-state index in [0.717, 1.165) is 13.0 Å². The van der Waals surface area contributed by atoms with Crippen LogP contribution in [-0.2, 0) is 9.47 Å². The molecule has 1 amide bonds. The summed E-state index contributed by atoms with van der Waals surface area (Å²) < 4.78 is 10.7. The van der Waals surface area contributed by atoms with Crippen LogP contribution >= 0.6 is 0 Å². The quantitative estimate of drug-likeness (QED) is 0.785. The van der Waals surface area contributed by atoms with E-state index in [1.807, 2.05) is 41.5 Å². The van der Waals surface area contributed by atoms with Gasteiger partial charge in [0, 0.05) is 31.8 Å². The van der Waals surface area contributed by atoms with Crippen molar-refractivity contribution in [2.45, 2.75) is 72.1 Å². The number of methoxy groups -OCH3 is 1. The van der Waals surface area contributed by atoms with Crippen LogP contribution in [0, 0.1) is 0 Å². The Morgan fingerprint density at radius 1 is 1.19 bits per heavy atom. The van der Waals surface area contributed by atoms with Gasteiger partial charge < -0.3 is 19.7 Å². The molecule has 0 aliphatic heterocycles. The third kappa shape index (κ3) is 8.94. The normalized spacial score (nSPS) is 13.9. The van der Waals surface area contributed by atoms with Crippen LogP contribution in [0.4, 0.5) is 4.79 Å². The molecule has 0 radical (unpaired) electrons. The molecular weight excluding hydrogens is 268 g/mol. The SMILES string of the molecule is CCC(COC)NCCN(C(=O)OC(C)(C)C)C(C)(C)C. The number of hydrogen-bond donors (Lipinski definition) is 1. The van der Waals surface area contributed by atoms with E-state index in [1.165, 1.54) is 0 Å². The van der Waals surface area contributed by atoms with Gasteiger partial charge in [0.25, 0.3) is 0 Å². The Hall–Kier alpha value is -0.810. The van der Waals surface area contributed by atoms with Crippen molar-refractivity contribution < 1.29 is 14.3 Å². The molecule has 5 heteroatoms. The van der Waals surface area contributed by atoms with Crippen LogP contribution < -0.4 is 5.32 Å². The Morgan fingerprint density at radius 2 is 1.76 bits per heavy atom. The van der Waals surface area contributed by atoms with Crippen LogP contribution in [-0.4, -0.2) is 55.0 Å². The maximum absolute atomic E-state index is 12.3. The van der Waals surface area contributed by atoms with Gasteiger partial charge in [-0.1, -0.05) is 6.92 Å². The highest BCUT2D eigenvalue weighted by molar-refractivity contribution is 5.69. The molecule has 1 unspecified atom stereocenters. The molecule has 5 nitrogen and oxygen atoms in total. The van der Waals surface area contributed by atoms with Gasteiger partial charge in [0.15, 0.2) is 0 Å². The highest BCUT2D eigenvalue weighted by Gasteiger charge is 2.30. The number of hydrogen-bond acceptors (Lipinski definition) is 4. The summed E-state index contributed by atoms with van der Waals surface area (Å²) in [5.74, 6) is 0. The third-order valence-corrected chi connectivity index (χ3v) is 3.05. The molecule has 0 aliphatic carbocycles. The van der Waals surface area contributed by atoms with Crippen molar-refractivity contribution in [3.8, 4) is 0 Å². The van der Waals surface area contributed by atoms with Crippen LogP contribution in [0.3, 0.4) is 0 Å². The molecule has 0 aromatic rings. The minimum absolute atomic E-state index is 0.267. The molecule has 0 bridgehead atoms. The van der Waals surface area contributed by atoms with E-state index in [0.29, 0.717) is 19.2 Å². The number of nitrogens with zero attached hydrogens (tertiary/aromatic N) is 1. The summed E-state index contributed by atoms with van der Waals surface area (Å²) in [4.78, 5) is 14.1. The van der Waals surface area contributed by atoms with E-state index in [4.69, 9.17) is 9.47 Å². The fourth-order valence-corrected chi connectivity index (χ4v) is 1.92. The van der Waals surface area contributed by atoms with Gasteiger partial charge >= 0.3 is 6.09 Å². The lowest BCUT2D eigenvalue weighted by Gasteiger charge is -2.37. The van der Waals surface area contributed by atoms with E-state index in [1.54, 1.807) is 12.0 Å². The first-order valence-electron chi connectivity index (χ1n) is 7.74. The molecule has 0 spiro atoms. The predicted octanol–water partition coefficient (Wildman–Crippen LogP) is 3.04. The molecule has 0 aromatic heterocycles. The molecule has 0 fully saturated rings. The molecule has 0 rings (SSSR count). The molecule has 126 valence electrons. The molecule has 0 saturated heterocycles. The Labute approximate surface area is 130 Å². The number of ether oxygens (including phenoxy) is 2. The second kappa shape index (κ2) is 8.59. The zero-order valence-corrected chi connectivity index (χ0v) is 15.1. The Bertz CT molecular complexity index is 306. The van der Waals surface area contributed by atoms with Crippen LogP contribution in [0.1, 0.15) is 54.9 Å². The monoisotopic (exact) mass is 302 g/mol. The van der Waals surface area contributed by atoms with Gasteiger partial charge in [-0.25, -0.2) is 4.79 Å². The van der Waals surface area contributed by atoms with E-state index in [-0.39, 0.29) is 11.6 Å². The highest BCUT2D eigenvalue weighted by atomic mass is 16.6. The van der Waals surface area contributed by atoms with Crippen LogP contribution in [0.15, 0.2) is 0 Å². The summed E-state index contributed by atoms with van der Waals surface area (Å²) in [5.41, 5.74) is -0.747. The smallest absolute Gasteiger partial charge is 0.410 e. The van der Waals surface area contributed by atoms with Gasteiger partial charge in [-0.3, -0.25) is 0 Å². The average molecular weight is 302 g/mol. The lowest BCUT2D eigenvalue weighted by atomic mass is 10.1. The maximum Gasteiger partial charge on any atom is 0.410 e. The first-order valence-corrected chi connectivity index (χ1v) is 7.74. The summed E-state index contributed by atoms with van der Waals surface area (Å²) in [6.07, 6.45) is 0.729. The number of rotatable bonds is 7. The summed E-state index contributed by atoms with van der Waals surface area (Å²) in [7, 11) is 1.70. The van der Waals surface area contributed by atoms with Crippen LogP contribution in [0.2, 0.25) is 0 Å². The van der Waals surface area contributed by atoms with Crippen molar-refractivity contribution in [1.29, 1.82) is 0 Å². The molecule has 1 atom stereocenters. The van der Waals surface area contributed by atoms with Crippen LogP contribution in [0.25, 0.3) is 0 Å².